The maximum atomic E-state index is 12.7. The predicted molar refractivity (Wildman–Crippen MR) is 242 cm³/mol. The molecule has 57 heavy (non-hydrogen) atoms. The topological polar surface area (TPSA) is 78.9 Å². The van der Waals surface area contributed by atoms with Gasteiger partial charge in [0, 0.05) is 19.3 Å². The molecule has 6 nitrogen and oxygen atoms in total. The molecule has 6 heteroatoms. The van der Waals surface area contributed by atoms with Crippen LogP contribution in [-0.2, 0) is 28.6 Å². The third-order valence-corrected chi connectivity index (χ3v) is 10.6. The van der Waals surface area contributed by atoms with E-state index in [-0.39, 0.29) is 31.1 Å². The molecule has 0 N–H and O–H groups in total. The molecule has 0 rings (SSSR count). The third kappa shape index (κ3) is 44.6. The molecule has 0 aliphatic heterocycles. The number of rotatable bonds is 44. The van der Waals surface area contributed by atoms with Crippen molar-refractivity contribution in [2.24, 2.45) is 0 Å². The minimum Gasteiger partial charge on any atom is -0.462 e. The molecule has 0 aliphatic carbocycles. The van der Waals surface area contributed by atoms with Crippen molar-refractivity contribution in [3.05, 3.63) is 36.5 Å². The minimum absolute atomic E-state index is 0.0737. The van der Waals surface area contributed by atoms with Crippen LogP contribution in [-0.4, -0.2) is 37.2 Å². The molecule has 0 aromatic heterocycles. The first-order valence-electron chi connectivity index (χ1n) is 24.5. The van der Waals surface area contributed by atoms with Gasteiger partial charge >= 0.3 is 17.9 Å². The molecule has 0 radical (unpaired) electrons. The fraction of sp³-hybridized carbons (Fsp3) is 0.824. The Morgan fingerprint density at radius 2 is 0.632 bits per heavy atom. The summed E-state index contributed by atoms with van der Waals surface area (Å²) in [5.41, 5.74) is 0. The van der Waals surface area contributed by atoms with Crippen LogP contribution in [0.4, 0.5) is 0 Å². The van der Waals surface area contributed by atoms with Crippen LogP contribution >= 0.6 is 0 Å². The standard InChI is InChI=1S/C51H92O6/c1-4-7-10-13-16-19-21-22-23-24-25-26-27-28-29-30-31-33-35-38-41-44-50(53)56-47-48(46-55-49(52)43-40-37-34-18-15-12-9-6-3)57-51(54)45-42-39-36-32-20-17-14-11-8-5-2/h21-22,24-25,27-28,48H,4-20,23,26,29-47H2,1-3H3/b22-21-,25-24-,28-27-. The van der Waals surface area contributed by atoms with E-state index in [9.17, 15) is 14.4 Å². The lowest BCUT2D eigenvalue weighted by molar-refractivity contribution is -0.167. The lowest BCUT2D eigenvalue weighted by Crippen LogP contribution is -2.30. The SMILES string of the molecule is CCCCCCC/C=C\C/C=C\C/C=C\CCCCCCCCC(=O)OCC(COC(=O)CCCCCCCCCC)OC(=O)CCCCCCCCCCCC. The second-order valence-corrected chi connectivity index (χ2v) is 16.4. The lowest BCUT2D eigenvalue weighted by Gasteiger charge is -2.18. The van der Waals surface area contributed by atoms with Crippen LogP contribution in [0.5, 0.6) is 0 Å². The molecule has 1 atom stereocenters. The van der Waals surface area contributed by atoms with E-state index >= 15 is 0 Å². The van der Waals surface area contributed by atoms with E-state index in [1.165, 1.54) is 135 Å². The molecule has 0 heterocycles. The molecule has 0 aromatic carbocycles. The van der Waals surface area contributed by atoms with Crippen LogP contribution in [0.1, 0.15) is 252 Å². The number of hydrogen-bond donors (Lipinski definition) is 0. The first-order chi connectivity index (χ1) is 28.0. The quantitative estimate of drug-likeness (QED) is 0.0264. The molecular formula is C51H92O6. The zero-order valence-electron chi connectivity index (χ0n) is 37.9. The fourth-order valence-corrected chi connectivity index (χ4v) is 6.92. The Kier molecular flexibility index (Phi) is 44.4. The molecule has 0 saturated heterocycles. The summed E-state index contributed by atoms with van der Waals surface area (Å²) >= 11 is 0. The summed E-state index contributed by atoms with van der Waals surface area (Å²) < 4.78 is 16.7. The molecule has 0 bridgehead atoms. The van der Waals surface area contributed by atoms with Crippen molar-refractivity contribution in [1.29, 1.82) is 0 Å². The van der Waals surface area contributed by atoms with E-state index in [0.717, 1.165) is 77.0 Å². The molecule has 0 fully saturated rings. The number of hydrogen-bond acceptors (Lipinski definition) is 6. The summed E-state index contributed by atoms with van der Waals surface area (Å²) in [6.07, 6.45) is 52.8. The van der Waals surface area contributed by atoms with Crippen LogP contribution in [0.15, 0.2) is 36.5 Å². The van der Waals surface area contributed by atoms with Crippen molar-refractivity contribution in [2.75, 3.05) is 13.2 Å². The van der Waals surface area contributed by atoms with Crippen molar-refractivity contribution in [3.63, 3.8) is 0 Å². The summed E-state index contributed by atoms with van der Waals surface area (Å²) in [5.74, 6) is -0.887. The second kappa shape index (κ2) is 46.3. The van der Waals surface area contributed by atoms with Gasteiger partial charge in [0.05, 0.1) is 0 Å². The first kappa shape index (κ1) is 54.6. The molecular weight excluding hydrogens is 709 g/mol. The van der Waals surface area contributed by atoms with Gasteiger partial charge in [0.1, 0.15) is 13.2 Å². The predicted octanol–water partition coefficient (Wildman–Crippen LogP) is 15.8. The summed E-state index contributed by atoms with van der Waals surface area (Å²) in [6.45, 7) is 6.58. The van der Waals surface area contributed by atoms with Gasteiger partial charge in [0.2, 0.25) is 0 Å². The molecule has 1 unspecified atom stereocenters. The monoisotopic (exact) mass is 801 g/mol. The van der Waals surface area contributed by atoms with Crippen LogP contribution in [0.3, 0.4) is 0 Å². The molecule has 0 aromatic rings. The Morgan fingerprint density at radius 3 is 0.982 bits per heavy atom. The van der Waals surface area contributed by atoms with E-state index in [4.69, 9.17) is 14.2 Å². The maximum Gasteiger partial charge on any atom is 0.306 e. The molecule has 0 saturated carbocycles. The Morgan fingerprint density at radius 1 is 0.351 bits per heavy atom. The van der Waals surface area contributed by atoms with Gasteiger partial charge in [-0.25, -0.2) is 0 Å². The van der Waals surface area contributed by atoms with Crippen molar-refractivity contribution in [2.45, 2.75) is 258 Å². The lowest BCUT2D eigenvalue weighted by atomic mass is 10.1. The number of unbranched alkanes of at least 4 members (excludes halogenated alkanes) is 27. The van der Waals surface area contributed by atoms with Crippen LogP contribution in [0.25, 0.3) is 0 Å². The van der Waals surface area contributed by atoms with Crippen LogP contribution < -0.4 is 0 Å². The highest BCUT2D eigenvalue weighted by atomic mass is 16.6. The number of allylic oxidation sites excluding steroid dienone is 6. The Bertz CT molecular complexity index is 969. The second-order valence-electron chi connectivity index (χ2n) is 16.4. The molecule has 0 spiro atoms. The zero-order chi connectivity index (χ0) is 41.5. The summed E-state index contributed by atoms with van der Waals surface area (Å²) in [6, 6.07) is 0. The minimum atomic E-state index is -0.769. The zero-order valence-corrected chi connectivity index (χ0v) is 37.9. The first-order valence-corrected chi connectivity index (χ1v) is 24.5. The summed E-state index contributed by atoms with van der Waals surface area (Å²) in [5, 5.41) is 0. The van der Waals surface area contributed by atoms with Gasteiger partial charge in [-0.15, -0.1) is 0 Å². The van der Waals surface area contributed by atoms with E-state index in [1.807, 2.05) is 0 Å². The molecule has 0 aliphatic rings. The van der Waals surface area contributed by atoms with E-state index in [2.05, 4.69) is 57.2 Å². The van der Waals surface area contributed by atoms with Gasteiger partial charge in [-0.1, -0.05) is 211 Å². The van der Waals surface area contributed by atoms with Gasteiger partial charge in [-0.05, 0) is 57.8 Å². The van der Waals surface area contributed by atoms with Crippen molar-refractivity contribution >= 4 is 17.9 Å². The number of ether oxygens (including phenoxy) is 3. The maximum absolute atomic E-state index is 12.7. The Balaban J connectivity index is 4.24. The highest BCUT2D eigenvalue weighted by Gasteiger charge is 2.19. The van der Waals surface area contributed by atoms with E-state index in [0.29, 0.717) is 19.3 Å². The number of carbonyl (C=O) groups is 3. The highest BCUT2D eigenvalue weighted by Crippen LogP contribution is 2.14. The Hall–Kier alpha value is -2.37. The van der Waals surface area contributed by atoms with Gasteiger partial charge in [0.25, 0.3) is 0 Å². The van der Waals surface area contributed by atoms with Gasteiger partial charge in [-0.3, -0.25) is 14.4 Å². The van der Waals surface area contributed by atoms with Crippen LogP contribution in [0, 0.1) is 0 Å². The van der Waals surface area contributed by atoms with Gasteiger partial charge in [0.15, 0.2) is 6.10 Å². The number of esters is 3. The summed E-state index contributed by atoms with van der Waals surface area (Å²) in [4.78, 5) is 37.7. The van der Waals surface area contributed by atoms with Crippen molar-refractivity contribution in [3.8, 4) is 0 Å². The normalized spacial score (nSPS) is 12.3. The van der Waals surface area contributed by atoms with Crippen molar-refractivity contribution in [1.82, 2.24) is 0 Å². The molecule has 332 valence electrons. The smallest absolute Gasteiger partial charge is 0.306 e. The fourth-order valence-electron chi connectivity index (χ4n) is 6.92. The van der Waals surface area contributed by atoms with E-state index < -0.39 is 6.10 Å². The third-order valence-electron chi connectivity index (χ3n) is 10.6. The number of carbonyl (C=O) groups excluding carboxylic acids is 3. The Labute approximate surface area is 353 Å². The van der Waals surface area contributed by atoms with E-state index in [1.54, 1.807) is 0 Å². The largest absolute Gasteiger partial charge is 0.462 e. The summed E-state index contributed by atoms with van der Waals surface area (Å²) in [7, 11) is 0. The average Bonchev–Trinajstić information content (AvgIpc) is 3.21. The van der Waals surface area contributed by atoms with Gasteiger partial charge < -0.3 is 14.2 Å². The average molecular weight is 801 g/mol. The van der Waals surface area contributed by atoms with Crippen molar-refractivity contribution < 1.29 is 28.6 Å². The highest BCUT2D eigenvalue weighted by molar-refractivity contribution is 5.71. The van der Waals surface area contributed by atoms with Crippen LogP contribution in [0.2, 0.25) is 0 Å². The van der Waals surface area contributed by atoms with Gasteiger partial charge in [-0.2, -0.15) is 0 Å². The molecule has 0 amide bonds.